The largest absolute Gasteiger partial charge is 0.467 e. The smallest absolute Gasteiger partial charge is 0.333 e. The van der Waals surface area contributed by atoms with Gasteiger partial charge in [0.25, 0.3) is 5.91 Å². The average molecular weight is 395 g/mol. The predicted octanol–water partition coefficient (Wildman–Crippen LogP) is 3.85. The van der Waals surface area contributed by atoms with E-state index in [9.17, 15) is 9.59 Å². The van der Waals surface area contributed by atoms with E-state index in [2.05, 4.69) is 5.10 Å². The molecule has 2 aromatic heterocycles. The van der Waals surface area contributed by atoms with Crippen molar-refractivity contribution >= 4 is 23.2 Å². The van der Waals surface area contributed by atoms with Gasteiger partial charge in [-0.15, -0.1) is 11.3 Å². The van der Waals surface area contributed by atoms with Gasteiger partial charge in [0.05, 0.1) is 18.0 Å². The quantitative estimate of drug-likeness (QED) is 0.630. The first-order chi connectivity index (χ1) is 13.5. The van der Waals surface area contributed by atoms with Crippen molar-refractivity contribution in [2.45, 2.75) is 25.9 Å². The van der Waals surface area contributed by atoms with Gasteiger partial charge < -0.3 is 9.64 Å². The van der Waals surface area contributed by atoms with Crippen molar-refractivity contribution in [1.82, 2.24) is 14.7 Å². The molecule has 0 spiro atoms. The SMILES string of the molecule is CCN1C(=O)c2cc(-c3cccs3)nn2[C@H](C(=O)OC)[C@H]1c1ccc(C)cc1. The second-order valence-electron chi connectivity index (χ2n) is 6.75. The van der Waals surface area contributed by atoms with Gasteiger partial charge in [-0.2, -0.15) is 5.10 Å². The van der Waals surface area contributed by atoms with Gasteiger partial charge in [0.15, 0.2) is 6.04 Å². The van der Waals surface area contributed by atoms with Crippen LogP contribution in [0.4, 0.5) is 0 Å². The maximum Gasteiger partial charge on any atom is 0.333 e. The maximum atomic E-state index is 13.3. The molecular weight excluding hydrogens is 374 g/mol. The van der Waals surface area contributed by atoms with Crippen LogP contribution in [0.25, 0.3) is 10.6 Å². The third-order valence-electron chi connectivity index (χ3n) is 5.09. The molecular formula is C21H21N3O3S. The summed E-state index contributed by atoms with van der Waals surface area (Å²) in [5.41, 5.74) is 3.09. The lowest BCUT2D eigenvalue weighted by atomic mass is 9.94. The molecule has 2 atom stereocenters. The minimum absolute atomic E-state index is 0.136. The third kappa shape index (κ3) is 2.92. The van der Waals surface area contributed by atoms with Gasteiger partial charge >= 0.3 is 5.97 Å². The summed E-state index contributed by atoms with van der Waals surface area (Å²) in [4.78, 5) is 28.8. The van der Waals surface area contributed by atoms with Crippen LogP contribution in [0.5, 0.6) is 0 Å². The molecule has 1 aliphatic heterocycles. The normalized spacial score (nSPS) is 18.8. The number of hydrogen-bond donors (Lipinski definition) is 0. The van der Waals surface area contributed by atoms with E-state index in [0.717, 1.165) is 16.0 Å². The van der Waals surface area contributed by atoms with Gasteiger partial charge in [-0.1, -0.05) is 35.9 Å². The van der Waals surface area contributed by atoms with Crippen molar-refractivity contribution in [3.8, 4) is 10.6 Å². The van der Waals surface area contributed by atoms with Crippen LogP contribution in [0.3, 0.4) is 0 Å². The summed E-state index contributed by atoms with van der Waals surface area (Å²) in [6.45, 7) is 4.40. The highest BCUT2D eigenvalue weighted by Crippen LogP contribution is 2.40. The summed E-state index contributed by atoms with van der Waals surface area (Å²) in [6.07, 6.45) is 0. The Balaban J connectivity index is 1.90. The van der Waals surface area contributed by atoms with Crippen LogP contribution in [0, 0.1) is 6.92 Å². The molecule has 0 radical (unpaired) electrons. The molecule has 3 aromatic rings. The fraction of sp³-hybridized carbons (Fsp3) is 0.286. The molecule has 0 fully saturated rings. The van der Waals surface area contributed by atoms with Crippen molar-refractivity contribution in [1.29, 1.82) is 0 Å². The molecule has 1 amide bonds. The van der Waals surface area contributed by atoms with Crippen molar-refractivity contribution in [2.75, 3.05) is 13.7 Å². The summed E-state index contributed by atoms with van der Waals surface area (Å²) in [5.74, 6) is -0.554. The number of carbonyl (C=O) groups excluding carboxylic acids is 2. The van der Waals surface area contributed by atoms with Crippen molar-refractivity contribution < 1.29 is 14.3 Å². The van der Waals surface area contributed by atoms with Gasteiger partial charge in [-0.05, 0) is 36.9 Å². The van der Waals surface area contributed by atoms with Crippen LogP contribution in [-0.2, 0) is 9.53 Å². The number of likely N-dealkylation sites (N-methyl/N-ethyl adjacent to an activating group) is 1. The molecule has 3 heterocycles. The molecule has 7 heteroatoms. The van der Waals surface area contributed by atoms with Crippen LogP contribution < -0.4 is 0 Å². The molecule has 6 nitrogen and oxygen atoms in total. The lowest BCUT2D eigenvalue weighted by Crippen LogP contribution is -2.48. The van der Waals surface area contributed by atoms with Crippen LogP contribution in [0.2, 0.25) is 0 Å². The van der Waals surface area contributed by atoms with Crippen LogP contribution in [-0.4, -0.2) is 40.2 Å². The highest BCUT2D eigenvalue weighted by atomic mass is 32.1. The number of aryl methyl sites for hydroxylation is 1. The molecule has 1 aliphatic rings. The van der Waals surface area contributed by atoms with Gasteiger partial charge in [-0.3, -0.25) is 4.79 Å². The van der Waals surface area contributed by atoms with E-state index in [4.69, 9.17) is 4.74 Å². The first kappa shape index (κ1) is 18.4. The summed E-state index contributed by atoms with van der Waals surface area (Å²) in [6, 6.07) is 12.3. The number of carbonyl (C=O) groups is 2. The van der Waals surface area contributed by atoms with Crippen molar-refractivity contribution in [3.63, 3.8) is 0 Å². The minimum atomic E-state index is -0.742. The number of thiophene rings is 1. The van der Waals surface area contributed by atoms with E-state index in [1.807, 2.05) is 55.6 Å². The van der Waals surface area contributed by atoms with E-state index in [0.29, 0.717) is 17.9 Å². The number of benzene rings is 1. The molecule has 0 saturated carbocycles. The third-order valence-corrected chi connectivity index (χ3v) is 5.98. The number of hydrogen-bond acceptors (Lipinski definition) is 5. The molecule has 0 bridgehead atoms. The Morgan fingerprint density at radius 1 is 1.25 bits per heavy atom. The van der Waals surface area contributed by atoms with E-state index in [-0.39, 0.29) is 5.91 Å². The highest BCUT2D eigenvalue weighted by molar-refractivity contribution is 7.13. The number of esters is 1. The minimum Gasteiger partial charge on any atom is -0.467 e. The van der Waals surface area contributed by atoms with E-state index in [1.165, 1.54) is 7.11 Å². The number of fused-ring (bicyclic) bond motifs is 1. The van der Waals surface area contributed by atoms with Crippen LogP contribution in [0.1, 0.15) is 40.6 Å². The van der Waals surface area contributed by atoms with Gasteiger partial charge in [0.2, 0.25) is 0 Å². The number of methoxy groups -OCH3 is 1. The zero-order chi connectivity index (χ0) is 19.8. The Labute approximate surface area is 167 Å². The first-order valence-corrected chi connectivity index (χ1v) is 10.0. The highest BCUT2D eigenvalue weighted by Gasteiger charge is 2.45. The van der Waals surface area contributed by atoms with Gasteiger partial charge in [0, 0.05) is 6.54 Å². The number of nitrogens with zero attached hydrogens (tertiary/aromatic N) is 3. The Morgan fingerprint density at radius 2 is 2.00 bits per heavy atom. The molecule has 0 N–H and O–H groups in total. The second-order valence-corrected chi connectivity index (χ2v) is 7.70. The Bertz CT molecular complexity index is 1010. The fourth-order valence-electron chi connectivity index (χ4n) is 3.70. The number of amides is 1. The topological polar surface area (TPSA) is 64.4 Å². The van der Waals surface area contributed by atoms with E-state index >= 15 is 0 Å². The fourth-order valence-corrected chi connectivity index (χ4v) is 4.39. The van der Waals surface area contributed by atoms with Crippen molar-refractivity contribution in [2.24, 2.45) is 0 Å². The van der Waals surface area contributed by atoms with E-state index in [1.54, 1.807) is 27.0 Å². The average Bonchev–Trinajstić information content (AvgIpc) is 3.38. The molecule has 0 aliphatic carbocycles. The Morgan fingerprint density at radius 3 is 2.61 bits per heavy atom. The standard InChI is InChI=1S/C21H21N3O3S/c1-4-23-18(14-9-7-13(2)8-10-14)19(21(26)27-3)24-16(20(23)25)12-15(22-24)17-6-5-11-28-17/h5-12,18-19H,4H2,1-3H3/t18-,19+/m1/s1. The molecule has 0 saturated heterocycles. The summed E-state index contributed by atoms with van der Waals surface area (Å²) >= 11 is 1.54. The number of ether oxygens (including phenoxy) is 1. The molecule has 28 heavy (non-hydrogen) atoms. The lowest BCUT2D eigenvalue weighted by Gasteiger charge is -2.40. The maximum absolute atomic E-state index is 13.3. The zero-order valence-electron chi connectivity index (χ0n) is 16.0. The van der Waals surface area contributed by atoms with Crippen molar-refractivity contribution in [3.05, 3.63) is 64.7 Å². The summed E-state index contributed by atoms with van der Waals surface area (Å²) in [5, 5.41) is 6.59. The second kappa shape index (κ2) is 7.24. The van der Waals surface area contributed by atoms with Gasteiger partial charge in [0.1, 0.15) is 11.4 Å². The first-order valence-electron chi connectivity index (χ1n) is 9.14. The summed E-state index contributed by atoms with van der Waals surface area (Å²) < 4.78 is 6.66. The Kier molecular flexibility index (Phi) is 4.77. The van der Waals surface area contributed by atoms with Crippen LogP contribution >= 0.6 is 11.3 Å². The molecule has 1 aromatic carbocycles. The Hall–Kier alpha value is -2.93. The molecule has 144 valence electrons. The monoisotopic (exact) mass is 395 g/mol. The van der Waals surface area contributed by atoms with Crippen LogP contribution in [0.15, 0.2) is 47.8 Å². The van der Waals surface area contributed by atoms with Gasteiger partial charge in [-0.25, -0.2) is 9.48 Å². The summed E-state index contributed by atoms with van der Waals surface area (Å²) in [7, 11) is 1.37. The lowest BCUT2D eigenvalue weighted by molar-refractivity contribution is -0.147. The number of rotatable bonds is 4. The zero-order valence-corrected chi connectivity index (χ0v) is 16.8. The predicted molar refractivity (Wildman–Crippen MR) is 107 cm³/mol. The number of aromatic nitrogens is 2. The molecule has 4 rings (SSSR count). The molecule has 0 unspecified atom stereocenters. The van der Waals surface area contributed by atoms with E-state index < -0.39 is 18.1 Å².